The van der Waals surface area contributed by atoms with E-state index in [0.717, 1.165) is 38.4 Å². The number of benzene rings is 1. The Kier molecular flexibility index (Phi) is 9.00. The third-order valence-electron chi connectivity index (χ3n) is 7.02. The number of unbranched alkanes of at least 4 members (excludes halogenated alkanes) is 1. The molecule has 0 aliphatic carbocycles. The lowest BCUT2D eigenvalue weighted by molar-refractivity contribution is -0.132. The van der Waals surface area contributed by atoms with Gasteiger partial charge in [-0.2, -0.15) is 0 Å². The Bertz CT molecular complexity index is 589. The van der Waals surface area contributed by atoms with E-state index in [-0.39, 0.29) is 0 Å². The first-order valence-corrected chi connectivity index (χ1v) is 11.9. The zero-order valence-electron chi connectivity index (χ0n) is 18.7. The van der Waals surface area contributed by atoms with Crippen molar-refractivity contribution in [3.63, 3.8) is 0 Å². The molecule has 2 aliphatic heterocycles. The van der Waals surface area contributed by atoms with Crippen molar-refractivity contribution < 1.29 is 4.79 Å². The summed E-state index contributed by atoms with van der Waals surface area (Å²) in [7, 11) is 2.24. The van der Waals surface area contributed by atoms with E-state index in [9.17, 15) is 4.79 Å². The first-order valence-electron chi connectivity index (χ1n) is 11.9. The predicted molar refractivity (Wildman–Crippen MR) is 121 cm³/mol. The molecule has 3 rings (SSSR count). The Hall–Kier alpha value is -1.39. The second kappa shape index (κ2) is 11.7. The van der Waals surface area contributed by atoms with Gasteiger partial charge in [0.25, 0.3) is 0 Å². The van der Waals surface area contributed by atoms with Gasteiger partial charge in [0.1, 0.15) is 0 Å². The summed E-state index contributed by atoms with van der Waals surface area (Å²) in [6.07, 6.45) is 9.04. The summed E-state index contributed by atoms with van der Waals surface area (Å²) in [6.45, 7) is 8.89. The lowest BCUT2D eigenvalue weighted by atomic mass is 9.93. The molecule has 0 radical (unpaired) electrons. The fourth-order valence-corrected chi connectivity index (χ4v) is 4.99. The molecule has 0 saturated carbocycles. The molecule has 2 aliphatic rings. The normalized spacial score (nSPS) is 20.1. The van der Waals surface area contributed by atoms with E-state index < -0.39 is 0 Å². The monoisotopic (exact) mass is 399 g/mol. The van der Waals surface area contributed by atoms with Crippen LogP contribution in [0.15, 0.2) is 30.3 Å². The van der Waals surface area contributed by atoms with Crippen molar-refractivity contribution in [3.8, 4) is 0 Å². The molecule has 0 aromatic heterocycles. The van der Waals surface area contributed by atoms with E-state index in [2.05, 4.69) is 59.0 Å². The van der Waals surface area contributed by atoms with Crippen LogP contribution in [0.4, 0.5) is 0 Å². The molecule has 2 heterocycles. The van der Waals surface area contributed by atoms with Crippen LogP contribution in [0.5, 0.6) is 0 Å². The zero-order chi connectivity index (χ0) is 20.5. The van der Waals surface area contributed by atoms with Gasteiger partial charge in [0.2, 0.25) is 5.91 Å². The molecular formula is C25H41N3O. The van der Waals surface area contributed by atoms with Crippen molar-refractivity contribution in [1.82, 2.24) is 14.7 Å². The Morgan fingerprint density at radius 3 is 2.34 bits per heavy atom. The van der Waals surface area contributed by atoms with Crippen LogP contribution < -0.4 is 0 Å². The molecule has 2 saturated heterocycles. The minimum atomic E-state index is 0.360. The van der Waals surface area contributed by atoms with Crippen LogP contribution in [0.2, 0.25) is 0 Å². The molecule has 0 N–H and O–H groups in total. The topological polar surface area (TPSA) is 26.8 Å². The third kappa shape index (κ3) is 7.11. The maximum absolute atomic E-state index is 12.7. The minimum absolute atomic E-state index is 0.360. The largest absolute Gasteiger partial charge is 0.343 e. The van der Waals surface area contributed by atoms with E-state index >= 15 is 0 Å². The maximum Gasteiger partial charge on any atom is 0.222 e. The van der Waals surface area contributed by atoms with Gasteiger partial charge in [-0.3, -0.25) is 4.79 Å². The van der Waals surface area contributed by atoms with Crippen molar-refractivity contribution in [2.75, 3.05) is 46.3 Å². The molecular weight excluding hydrogens is 358 g/mol. The number of carbonyl (C=O) groups is 1. The molecule has 0 bridgehead atoms. The molecule has 1 aromatic rings. The third-order valence-corrected chi connectivity index (χ3v) is 7.02. The number of hydrogen-bond acceptors (Lipinski definition) is 3. The maximum atomic E-state index is 12.7. The number of likely N-dealkylation sites (tertiary alicyclic amines) is 2. The molecule has 0 spiro atoms. The second-order valence-corrected chi connectivity index (χ2v) is 9.14. The molecule has 4 heteroatoms. The molecule has 0 unspecified atom stereocenters. The molecule has 4 nitrogen and oxygen atoms in total. The van der Waals surface area contributed by atoms with Crippen molar-refractivity contribution in [1.29, 1.82) is 0 Å². The van der Waals surface area contributed by atoms with Crippen LogP contribution >= 0.6 is 0 Å². The molecule has 1 amide bonds. The SMILES string of the molecule is CCN(CC1CCN(C2CCN(C)CC2)CC1)C(=O)CCCCc1ccccc1. The van der Waals surface area contributed by atoms with E-state index in [1.165, 1.54) is 57.4 Å². The van der Waals surface area contributed by atoms with Gasteiger partial charge in [-0.05, 0) is 96.6 Å². The van der Waals surface area contributed by atoms with Gasteiger partial charge < -0.3 is 14.7 Å². The molecule has 1 aromatic carbocycles. The number of aryl methyl sites for hydroxylation is 1. The van der Waals surface area contributed by atoms with E-state index in [1.54, 1.807) is 0 Å². The van der Waals surface area contributed by atoms with Gasteiger partial charge in [-0.25, -0.2) is 0 Å². The Balaban J connectivity index is 1.33. The molecule has 162 valence electrons. The number of nitrogens with zero attached hydrogens (tertiary/aromatic N) is 3. The summed E-state index contributed by atoms with van der Waals surface area (Å²) >= 11 is 0. The lowest BCUT2D eigenvalue weighted by Crippen LogP contribution is -2.48. The summed E-state index contributed by atoms with van der Waals surface area (Å²) in [5, 5.41) is 0. The second-order valence-electron chi connectivity index (χ2n) is 9.14. The quantitative estimate of drug-likeness (QED) is 0.586. The van der Waals surface area contributed by atoms with Crippen molar-refractivity contribution in [3.05, 3.63) is 35.9 Å². The Labute approximate surface area is 178 Å². The van der Waals surface area contributed by atoms with Crippen molar-refractivity contribution in [2.24, 2.45) is 5.92 Å². The molecule has 0 atom stereocenters. The highest BCUT2D eigenvalue weighted by molar-refractivity contribution is 5.76. The molecule has 2 fully saturated rings. The average Bonchev–Trinajstić information content (AvgIpc) is 2.76. The van der Waals surface area contributed by atoms with Crippen LogP contribution in [-0.4, -0.2) is 73.0 Å². The first kappa shape index (κ1) is 22.3. The van der Waals surface area contributed by atoms with Crippen molar-refractivity contribution >= 4 is 5.91 Å². The minimum Gasteiger partial charge on any atom is -0.343 e. The predicted octanol–water partition coefficient (Wildman–Crippen LogP) is 4.05. The standard InChI is InChI=1S/C25H41N3O/c1-3-27(25(29)12-8-7-11-22-9-5-4-6-10-22)21-23-13-19-28(20-14-23)24-15-17-26(2)18-16-24/h4-6,9-10,23-24H,3,7-8,11-21H2,1-2H3. The summed E-state index contributed by atoms with van der Waals surface area (Å²) in [5.41, 5.74) is 1.38. The summed E-state index contributed by atoms with van der Waals surface area (Å²) in [6, 6.07) is 11.4. The average molecular weight is 400 g/mol. The van der Waals surface area contributed by atoms with E-state index in [1.807, 2.05) is 0 Å². The van der Waals surface area contributed by atoms with Gasteiger partial charge in [0.15, 0.2) is 0 Å². The fourth-order valence-electron chi connectivity index (χ4n) is 4.99. The van der Waals surface area contributed by atoms with Crippen LogP contribution in [0.3, 0.4) is 0 Å². The first-order chi connectivity index (χ1) is 14.2. The Morgan fingerprint density at radius 2 is 1.69 bits per heavy atom. The van der Waals surface area contributed by atoms with Gasteiger partial charge >= 0.3 is 0 Å². The van der Waals surface area contributed by atoms with Gasteiger partial charge in [-0.15, -0.1) is 0 Å². The van der Waals surface area contributed by atoms with Crippen LogP contribution in [0.1, 0.15) is 57.4 Å². The Morgan fingerprint density at radius 1 is 1.00 bits per heavy atom. The van der Waals surface area contributed by atoms with Crippen LogP contribution in [0, 0.1) is 5.92 Å². The van der Waals surface area contributed by atoms with Gasteiger partial charge in [0, 0.05) is 25.6 Å². The van der Waals surface area contributed by atoms with Gasteiger partial charge in [-0.1, -0.05) is 30.3 Å². The van der Waals surface area contributed by atoms with Crippen LogP contribution in [0.25, 0.3) is 0 Å². The smallest absolute Gasteiger partial charge is 0.222 e. The summed E-state index contributed by atoms with van der Waals surface area (Å²) < 4.78 is 0. The number of carbonyl (C=O) groups excluding carboxylic acids is 1. The highest BCUT2D eigenvalue weighted by Gasteiger charge is 2.28. The summed E-state index contributed by atoms with van der Waals surface area (Å²) in [4.78, 5) is 20.0. The number of piperidine rings is 2. The highest BCUT2D eigenvalue weighted by atomic mass is 16.2. The summed E-state index contributed by atoms with van der Waals surface area (Å²) in [5.74, 6) is 1.05. The van der Waals surface area contributed by atoms with E-state index in [4.69, 9.17) is 0 Å². The van der Waals surface area contributed by atoms with Crippen LogP contribution in [-0.2, 0) is 11.2 Å². The zero-order valence-corrected chi connectivity index (χ0v) is 18.7. The van der Waals surface area contributed by atoms with Gasteiger partial charge in [0.05, 0.1) is 0 Å². The highest BCUT2D eigenvalue weighted by Crippen LogP contribution is 2.24. The van der Waals surface area contributed by atoms with Crippen molar-refractivity contribution in [2.45, 2.75) is 64.3 Å². The number of rotatable bonds is 9. The lowest BCUT2D eigenvalue weighted by Gasteiger charge is -2.41. The number of amides is 1. The fraction of sp³-hybridized carbons (Fsp3) is 0.720. The van der Waals surface area contributed by atoms with E-state index in [0.29, 0.717) is 18.2 Å². The number of hydrogen-bond donors (Lipinski definition) is 0. The molecule has 29 heavy (non-hydrogen) atoms.